The number of nitrogens with zero attached hydrogens (tertiary/aromatic N) is 1. The van der Waals surface area contributed by atoms with Gasteiger partial charge in [0.2, 0.25) is 0 Å². The van der Waals surface area contributed by atoms with Gasteiger partial charge in [0.15, 0.2) is 5.96 Å². The van der Waals surface area contributed by atoms with Crippen LogP contribution in [0, 0.1) is 11.2 Å². The number of hydrogen-bond donors (Lipinski definition) is 6. The molecule has 1 heterocycles. The predicted octanol–water partition coefficient (Wildman–Crippen LogP) is 4.91. The van der Waals surface area contributed by atoms with Gasteiger partial charge in [-0.15, -0.1) is 0 Å². The lowest BCUT2D eigenvalue weighted by Crippen LogP contribution is -2.31. The summed E-state index contributed by atoms with van der Waals surface area (Å²) in [5.74, 6) is -0.320. The van der Waals surface area contributed by atoms with Gasteiger partial charge >= 0.3 is 0 Å². The number of benzene rings is 2. The van der Waals surface area contributed by atoms with E-state index in [-0.39, 0.29) is 24.2 Å². The zero-order valence-electron chi connectivity index (χ0n) is 22.3. The number of nitrogens with two attached hydrogens (primary N) is 1. The summed E-state index contributed by atoms with van der Waals surface area (Å²) in [4.78, 5) is 0. The minimum atomic E-state index is -0.852. The van der Waals surface area contributed by atoms with Gasteiger partial charge in [-0.05, 0) is 56.5 Å². The molecule has 3 aromatic rings. The van der Waals surface area contributed by atoms with Crippen LogP contribution in [-0.4, -0.2) is 46.0 Å². The summed E-state index contributed by atoms with van der Waals surface area (Å²) in [5, 5.41) is 35.4. The van der Waals surface area contributed by atoms with Crippen LogP contribution in [0.1, 0.15) is 51.3 Å². The first-order valence-corrected chi connectivity index (χ1v) is 13.1. The number of unbranched alkanes of at least 4 members (excludes halogenated alkanes) is 1. The third-order valence-corrected chi connectivity index (χ3v) is 6.36. The molecule has 0 aliphatic carbocycles. The highest BCUT2D eigenvalue weighted by Crippen LogP contribution is 2.38. The van der Waals surface area contributed by atoms with E-state index in [1.165, 1.54) is 12.1 Å². The van der Waals surface area contributed by atoms with Gasteiger partial charge < -0.3 is 31.1 Å². The Balaban J connectivity index is 1.68. The molecule has 0 fully saturated rings. The molecule has 0 aliphatic heterocycles. The Morgan fingerprint density at radius 3 is 2.39 bits per heavy atom. The van der Waals surface area contributed by atoms with E-state index in [1.807, 2.05) is 18.2 Å². The molecular formula is C30H40FN5O2. The van der Waals surface area contributed by atoms with E-state index in [4.69, 9.17) is 11.1 Å². The fourth-order valence-electron chi connectivity index (χ4n) is 4.66. The third kappa shape index (κ3) is 7.94. The molecule has 0 amide bonds. The molecule has 0 spiro atoms. The second-order valence-electron chi connectivity index (χ2n) is 9.85. The minimum Gasteiger partial charge on any atom is -0.393 e. The summed E-state index contributed by atoms with van der Waals surface area (Å²) in [6, 6.07) is 14.7. The molecule has 2 atom stereocenters. The van der Waals surface area contributed by atoms with Crippen molar-refractivity contribution in [3.63, 3.8) is 0 Å². The summed E-state index contributed by atoms with van der Waals surface area (Å²) < 4.78 is 15.9. The van der Waals surface area contributed by atoms with Crippen LogP contribution in [0.3, 0.4) is 0 Å². The van der Waals surface area contributed by atoms with Gasteiger partial charge in [0.1, 0.15) is 5.82 Å². The summed E-state index contributed by atoms with van der Waals surface area (Å²) in [6.45, 7) is 9.54. The zero-order valence-corrected chi connectivity index (χ0v) is 22.3. The van der Waals surface area contributed by atoms with Crippen molar-refractivity contribution in [3.8, 4) is 11.1 Å². The summed E-state index contributed by atoms with van der Waals surface area (Å²) in [5.41, 5.74) is 9.84. The molecule has 204 valence electrons. The lowest BCUT2D eigenvalue weighted by atomic mass is 10.0. The summed E-state index contributed by atoms with van der Waals surface area (Å²) in [6.07, 6.45) is 4.26. The average Bonchev–Trinajstić information content (AvgIpc) is 3.19. The number of aliphatic hydroxyl groups excluding tert-OH is 2. The standard InChI is InChI=1S/C30H40FN5O2/c1-20(2)36-27-9-5-4-8-26(27)29(22-10-12-23(31)13-11-22)28(36)15-14-24(37)19-25(38)18-21(3)34-16-6-7-17-35-30(32)33/h4-5,8-15,20,24-25,34,37-38H,3,6-7,16-19H2,1-2H3,(H4,32,33,35)/b15-14+/t24-,25+/m0/s1. The quantitative estimate of drug-likeness (QED) is 0.102. The van der Waals surface area contributed by atoms with Crippen LogP contribution in [0.15, 0.2) is 66.9 Å². The van der Waals surface area contributed by atoms with Crippen LogP contribution >= 0.6 is 0 Å². The second kappa shape index (κ2) is 13.8. The van der Waals surface area contributed by atoms with E-state index < -0.39 is 12.2 Å². The minimum absolute atomic E-state index is 0.0320. The number of rotatable bonds is 14. The Bertz CT molecular complexity index is 1250. The first-order valence-electron chi connectivity index (χ1n) is 13.1. The van der Waals surface area contributed by atoms with Crippen LogP contribution in [0.5, 0.6) is 0 Å². The highest BCUT2D eigenvalue weighted by Gasteiger charge is 2.19. The van der Waals surface area contributed by atoms with E-state index >= 15 is 0 Å². The van der Waals surface area contributed by atoms with Gasteiger partial charge in [0.05, 0.1) is 12.2 Å². The SMILES string of the molecule is C=C(C[C@@H](O)C[C@@H](O)/C=C/c1c(-c2ccc(F)cc2)c2ccccc2n1C(C)C)NCCCCNC(=N)N. The Morgan fingerprint density at radius 2 is 1.74 bits per heavy atom. The van der Waals surface area contributed by atoms with E-state index in [0.29, 0.717) is 25.2 Å². The molecule has 7 N–H and O–H groups in total. The van der Waals surface area contributed by atoms with Gasteiger partial charge in [-0.25, -0.2) is 4.39 Å². The van der Waals surface area contributed by atoms with Crippen LogP contribution in [0.2, 0.25) is 0 Å². The maximum Gasteiger partial charge on any atom is 0.185 e. The van der Waals surface area contributed by atoms with Crippen LogP contribution < -0.4 is 16.4 Å². The third-order valence-electron chi connectivity index (χ3n) is 6.36. The predicted molar refractivity (Wildman–Crippen MR) is 154 cm³/mol. The van der Waals surface area contributed by atoms with Gasteiger partial charge in [-0.2, -0.15) is 0 Å². The Kier molecular flexibility index (Phi) is 10.5. The van der Waals surface area contributed by atoms with Gasteiger partial charge in [0.25, 0.3) is 0 Å². The van der Waals surface area contributed by atoms with Crippen molar-refractivity contribution in [1.29, 1.82) is 5.41 Å². The highest BCUT2D eigenvalue weighted by molar-refractivity contribution is 6.01. The topological polar surface area (TPSA) is 119 Å². The Labute approximate surface area is 224 Å². The van der Waals surface area contributed by atoms with Crippen molar-refractivity contribution in [3.05, 3.63) is 78.4 Å². The lowest BCUT2D eigenvalue weighted by Gasteiger charge is -2.17. The number of para-hydroxylation sites is 1. The first-order chi connectivity index (χ1) is 18.2. The molecule has 8 heteroatoms. The molecule has 0 radical (unpaired) electrons. The second-order valence-corrected chi connectivity index (χ2v) is 9.85. The van der Waals surface area contributed by atoms with Gasteiger partial charge in [0, 0.05) is 59.8 Å². The molecule has 3 rings (SSSR count). The van der Waals surface area contributed by atoms with Crippen LogP contribution in [0.25, 0.3) is 28.1 Å². The first kappa shape index (κ1) is 28.9. The van der Waals surface area contributed by atoms with E-state index in [0.717, 1.165) is 40.6 Å². The van der Waals surface area contributed by atoms with E-state index in [9.17, 15) is 14.6 Å². The van der Waals surface area contributed by atoms with Crippen molar-refractivity contribution in [2.45, 2.75) is 57.8 Å². The smallest absolute Gasteiger partial charge is 0.185 e. The molecule has 2 aromatic carbocycles. The number of aliphatic hydroxyl groups is 2. The number of aromatic nitrogens is 1. The van der Waals surface area contributed by atoms with E-state index in [1.54, 1.807) is 18.2 Å². The molecule has 7 nitrogen and oxygen atoms in total. The maximum absolute atomic E-state index is 13.7. The summed E-state index contributed by atoms with van der Waals surface area (Å²) in [7, 11) is 0. The van der Waals surface area contributed by atoms with Crippen molar-refractivity contribution < 1.29 is 14.6 Å². The van der Waals surface area contributed by atoms with Crippen molar-refractivity contribution in [2.24, 2.45) is 5.73 Å². The largest absolute Gasteiger partial charge is 0.393 e. The van der Waals surface area contributed by atoms with Gasteiger partial charge in [-0.1, -0.05) is 43.0 Å². The fourth-order valence-corrected chi connectivity index (χ4v) is 4.66. The normalized spacial score (nSPS) is 13.2. The van der Waals surface area contributed by atoms with Crippen LogP contribution in [-0.2, 0) is 0 Å². The fraction of sp³-hybridized carbons (Fsp3) is 0.367. The molecule has 0 saturated heterocycles. The average molecular weight is 522 g/mol. The highest BCUT2D eigenvalue weighted by atomic mass is 19.1. The number of fused-ring (bicyclic) bond motifs is 1. The Hall–Kier alpha value is -3.62. The van der Waals surface area contributed by atoms with Crippen LogP contribution in [0.4, 0.5) is 4.39 Å². The monoisotopic (exact) mass is 521 g/mol. The molecule has 0 unspecified atom stereocenters. The molecule has 1 aromatic heterocycles. The zero-order chi connectivity index (χ0) is 27.7. The number of hydrogen-bond acceptors (Lipinski definition) is 4. The van der Waals surface area contributed by atoms with Crippen molar-refractivity contribution in [1.82, 2.24) is 15.2 Å². The maximum atomic E-state index is 13.7. The Morgan fingerprint density at radius 1 is 1.08 bits per heavy atom. The lowest BCUT2D eigenvalue weighted by molar-refractivity contribution is 0.103. The number of nitrogens with one attached hydrogen (secondary N) is 3. The molecule has 0 bridgehead atoms. The van der Waals surface area contributed by atoms with Gasteiger partial charge in [-0.3, -0.25) is 5.41 Å². The van der Waals surface area contributed by atoms with E-state index in [2.05, 4.69) is 47.8 Å². The molecule has 38 heavy (non-hydrogen) atoms. The molecular weight excluding hydrogens is 481 g/mol. The number of guanidine groups is 1. The number of halogens is 1. The van der Waals surface area contributed by atoms with Crippen molar-refractivity contribution >= 4 is 22.9 Å². The van der Waals surface area contributed by atoms with Crippen molar-refractivity contribution in [2.75, 3.05) is 13.1 Å². The summed E-state index contributed by atoms with van der Waals surface area (Å²) >= 11 is 0. The molecule has 0 saturated carbocycles. The molecule has 0 aliphatic rings.